The first-order valence-electron chi connectivity index (χ1n) is 8.79. The van der Waals surface area contributed by atoms with Crippen molar-refractivity contribution >= 4 is 23.3 Å². The summed E-state index contributed by atoms with van der Waals surface area (Å²) < 4.78 is 4.65. The van der Waals surface area contributed by atoms with E-state index in [2.05, 4.69) is 26.4 Å². The number of amides is 1. The summed E-state index contributed by atoms with van der Waals surface area (Å²) in [6.07, 6.45) is 5.64. The van der Waals surface area contributed by atoms with E-state index in [-0.39, 0.29) is 17.8 Å². The first kappa shape index (κ1) is 17.9. The normalized spacial score (nSPS) is 16.0. The molecule has 1 aromatic heterocycles. The summed E-state index contributed by atoms with van der Waals surface area (Å²) in [5, 5.41) is 6.35. The molecule has 6 heteroatoms. The van der Waals surface area contributed by atoms with E-state index >= 15 is 0 Å². The molecule has 26 heavy (non-hydrogen) atoms. The van der Waals surface area contributed by atoms with Crippen molar-refractivity contribution in [2.24, 2.45) is 5.92 Å². The van der Waals surface area contributed by atoms with Crippen LogP contribution < -0.4 is 10.6 Å². The molecule has 2 N–H and O–H groups in total. The number of fused-ring (bicyclic) bond motifs is 1. The number of carbonyl (C=O) groups excluding carboxylic acids is 2. The highest BCUT2D eigenvalue weighted by Gasteiger charge is 2.23. The molecule has 1 aliphatic heterocycles. The fraction of sp³-hybridized carbons (Fsp3) is 0.350. The Hall–Kier alpha value is -2.89. The number of anilines is 2. The van der Waals surface area contributed by atoms with Gasteiger partial charge in [0.1, 0.15) is 0 Å². The first-order valence-corrected chi connectivity index (χ1v) is 8.79. The summed E-state index contributed by atoms with van der Waals surface area (Å²) >= 11 is 0. The van der Waals surface area contributed by atoms with E-state index in [4.69, 9.17) is 0 Å². The van der Waals surface area contributed by atoms with Gasteiger partial charge in [-0.25, -0.2) is 0 Å². The maximum atomic E-state index is 12.7. The zero-order valence-electron chi connectivity index (χ0n) is 14.8. The fourth-order valence-electron chi connectivity index (χ4n) is 3.13. The van der Waals surface area contributed by atoms with Crippen molar-refractivity contribution in [3.05, 3.63) is 53.9 Å². The molecule has 0 bridgehead atoms. The van der Waals surface area contributed by atoms with E-state index in [0.29, 0.717) is 24.9 Å². The number of pyridine rings is 1. The number of hydrogen-bond donors (Lipinski definition) is 2. The molecule has 1 atom stereocenters. The topological polar surface area (TPSA) is 80.3 Å². The number of para-hydroxylation sites is 1. The van der Waals surface area contributed by atoms with Crippen LogP contribution in [0.15, 0.2) is 42.7 Å². The van der Waals surface area contributed by atoms with Gasteiger partial charge in [0.15, 0.2) is 0 Å². The summed E-state index contributed by atoms with van der Waals surface area (Å²) in [4.78, 5) is 28.1. The summed E-state index contributed by atoms with van der Waals surface area (Å²) in [5.41, 5.74) is 3.81. The zero-order chi connectivity index (χ0) is 18.4. The van der Waals surface area contributed by atoms with Crippen LogP contribution in [0.1, 0.15) is 24.0 Å². The molecule has 1 unspecified atom stereocenters. The molecule has 136 valence electrons. The number of ether oxygens (including phenoxy) is 1. The second-order valence-corrected chi connectivity index (χ2v) is 6.42. The van der Waals surface area contributed by atoms with E-state index in [0.717, 1.165) is 29.8 Å². The number of rotatable bonds is 5. The summed E-state index contributed by atoms with van der Waals surface area (Å²) in [6.45, 7) is 0.770. The summed E-state index contributed by atoms with van der Waals surface area (Å²) in [7, 11) is 1.37. The van der Waals surface area contributed by atoms with Gasteiger partial charge in [-0.2, -0.15) is 0 Å². The Bertz CT molecular complexity index is 791. The van der Waals surface area contributed by atoms with Crippen molar-refractivity contribution in [1.82, 2.24) is 4.98 Å². The third kappa shape index (κ3) is 4.59. The van der Waals surface area contributed by atoms with Crippen LogP contribution in [0.2, 0.25) is 0 Å². The number of hydrogen-bond acceptors (Lipinski definition) is 5. The molecule has 1 amide bonds. The van der Waals surface area contributed by atoms with E-state index in [9.17, 15) is 9.59 Å². The fourth-order valence-corrected chi connectivity index (χ4v) is 3.13. The Kier molecular flexibility index (Phi) is 5.84. The summed E-state index contributed by atoms with van der Waals surface area (Å²) in [6, 6.07) is 9.96. The number of nitrogens with zero attached hydrogens (tertiary/aromatic N) is 1. The van der Waals surface area contributed by atoms with E-state index in [1.807, 2.05) is 24.3 Å². The predicted molar refractivity (Wildman–Crippen MR) is 99.9 cm³/mol. The summed E-state index contributed by atoms with van der Waals surface area (Å²) in [5.74, 6) is -0.357. The monoisotopic (exact) mass is 353 g/mol. The Morgan fingerprint density at radius 3 is 3.00 bits per heavy atom. The smallest absolute Gasteiger partial charge is 0.305 e. The van der Waals surface area contributed by atoms with Crippen LogP contribution in [0, 0.1) is 5.92 Å². The molecule has 1 aromatic carbocycles. The third-order valence-electron chi connectivity index (χ3n) is 4.57. The Balaban J connectivity index is 1.63. The maximum Gasteiger partial charge on any atom is 0.305 e. The highest BCUT2D eigenvalue weighted by atomic mass is 16.5. The standard InChI is InChI=1S/C20H23N3O3/c1-26-19(24)7-6-14-10-17(13-21-12-14)23-20(25)16-8-9-22-18-5-3-2-4-15(18)11-16/h2-5,10,12-13,16,22H,6-9,11H2,1H3,(H,23,25). The molecule has 0 fully saturated rings. The molecule has 3 rings (SSSR count). The third-order valence-corrected chi connectivity index (χ3v) is 4.57. The number of methoxy groups -OCH3 is 1. The van der Waals surface area contributed by atoms with Gasteiger partial charge in [0.25, 0.3) is 0 Å². The Morgan fingerprint density at radius 1 is 1.31 bits per heavy atom. The molecule has 0 spiro atoms. The first-order chi connectivity index (χ1) is 12.7. The SMILES string of the molecule is COC(=O)CCc1cncc(NC(=O)C2CCNc3ccccc3C2)c1. The molecule has 1 aliphatic rings. The average molecular weight is 353 g/mol. The average Bonchev–Trinajstić information content (AvgIpc) is 2.89. The number of carbonyl (C=O) groups is 2. The molecule has 0 radical (unpaired) electrons. The van der Waals surface area contributed by atoms with Gasteiger partial charge in [0.05, 0.1) is 19.0 Å². The molecule has 0 saturated heterocycles. The molecular formula is C20H23N3O3. The van der Waals surface area contributed by atoms with Gasteiger partial charge in [-0.05, 0) is 42.5 Å². The second-order valence-electron chi connectivity index (χ2n) is 6.42. The van der Waals surface area contributed by atoms with E-state index in [1.165, 1.54) is 7.11 Å². The van der Waals surface area contributed by atoms with Crippen molar-refractivity contribution in [1.29, 1.82) is 0 Å². The van der Waals surface area contributed by atoms with Gasteiger partial charge < -0.3 is 15.4 Å². The van der Waals surface area contributed by atoms with Crippen LogP contribution in [0.3, 0.4) is 0 Å². The van der Waals surface area contributed by atoms with Gasteiger partial charge in [-0.3, -0.25) is 14.6 Å². The number of esters is 1. The largest absolute Gasteiger partial charge is 0.469 e. The van der Waals surface area contributed by atoms with Crippen LogP contribution in [0.4, 0.5) is 11.4 Å². The zero-order valence-corrected chi connectivity index (χ0v) is 14.8. The van der Waals surface area contributed by atoms with Crippen molar-refractivity contribution in [2.75, 3.05) is 24.3 Å². The molecule has 0 aliphatic carbocycles. The van der Waals surface area contributed by atoms with Crippen molar-refractivity contribution < 1.29 is 14.3 Å². The van der Waals surface area contributed by atoms with Gasteiger partial charge in [0.2, 0.25) is 5.91 Å². The quantitative estimate of drug-likeness (QED) is 0.808. The van der Waals surface area contributed by atoms with Crippen LogP contribution in [-0.2, 0) is 27.2 Å². The maximum absolute atomic E-state index is 12.7. The van der Waals surface area contributed by atoms with Gasteiger partial charge in [0, 0.05) is 30.8 Å². The highest BCUT2D eigenvalue weighted by molar-refractivity contribution is 5.93. The molecule has 2 heterocycles. The minimum absolute atomic E-state index is 0.00424. The molecule has 2 aromatic rings. The number of aromatic nitrogens is 1. The van der Waals surface area contributed by atoms with E-state index < -0.39 is 0 Å². The number of nitrogens with one attached hydrogen (secondary N) is 2. The minimum Gasteiger partial charge on any atom is -0.469 e. The Labute approximate surface area is 153 Å². The minimum atomic E-state index is -0.260. The number of aryl methyl sites for hydroxylation is 1. The van der Waals surface area contributed by atoms with E-state index in [1.54, 1.807) is 12.4 Å². The lowest BCUT2D eigenvalue weighted by Gasteiger charge is -2.14. The van der Waals surface area contributed by atoms with Crippen LogP contribution in [0.25, 0.3) is 0 Å². The molecule has 0 saturated carbocycles. The van der Waals surface area contributed by atoms with Crippen LogP contribution in [0.5, 0.6) is 0 Å². The molecule has 6 nitrogen and oxygen atoms in total. The van der Waals surface area contributed by atoms with Crippen LogP contribution in [-0.4, -0.2) is 30.5 Å². The number of benzene rings is 1. The highest BCUT2D eigenvalue weighted by Crippen LogP contribution is 2.25. The van der Waals surface area contributed by atoms with Gasteiger partial charge in [-0.1, -0.05) is 18.2 Å². The Morgan fingerprint density at radius 2 is 2.15 bits per heavy atom. The van der Waals surface area contributed by atoms with Crippen LogP contribution >= 0.6 is 0 Å². The van der Waals surface area contributed by atoms with Gasteiger partial charge >= 0.3 is 5.97 Å². The van der Waals surface area contributed by atoms with Crippen molar-refractivity contribution in [3.63, 3.8) is 0 Å². The second kappa shape index (κ2) is 8.47. The van der Waals surface area contributed by atoms with Crippen molar-refractivity contribution in [3.8, 4) is 0 Å². The lowest BCUT2D eigenvalue weighted by Crippen LogP contribution is -2.25. The molecular weight excluding hydrogens is 330 g/mol. The van der Waals surface area contributed by atoms with Gasteiger partial charge in [-0.15, -0.1) is 0 Å². The predicted octanol–water partition coefficient (Wildman–Crippen LogP) is 2.80. The lowest BCUT2D eigenvalue weighted by atomic mass is 9.96. The lowest BCUT2D eigenvalue weighted by molar-refractivity contribution is -0.140. The van der Waals surface area contributed by atoms with Crippen molar-refractivity contribution in [2.45, 2.75) is 25.7 Å².